The zero-order valence-corrected chi connectivity index (χ0v) is 16.9. The Morgan fingerprint density at radius 1 is 0.926 bits per heavy atom. The van der Waals surface area contributed by atoms with Crippen molar-refractivity contribution in [1.29, 1.82) is 0 Å². The average molecular weight is 427 g/mol. The van der Waals surface area contributed by atoms with Crippen LogP contribution in [0.5, 0.6) is 0 Å². The van der Waals surface area contributed by atoms with Gasteiger partial charge in [-0.15, -0.1) is 0 Å². The Labute approximate surface area is 172 Å². The first-order valence-corrected chi connectivity index (χ1v) is 9.56. The number of amides is 2. The van der Waals surface area contributed by atoms with Crippen LogP contribution in [0.4, 0.5) is 11.4 Å². The molecule has 8 heteroatoms. The van der Waals surface area contributed by atoms with Crippen molar-refractivity contribution in [3.63, 3.8) is 0 Å². The minimum absolute atomic E-state index is 0.0536. The Hall–Kier alpha value is -1.95. The van der Waals surface area contributed by atoms with Gasteiger partial charge in [-0.1, -0.05) is 46.9 Å². The topological polar surface area (TPSA) is 52.7 Å². The van der Waals surface area contributed by atoms with Gasteiger partial charge in [-0.3, -0.25) is 9.59 Å². The van der Waals surface area contributed by atoms with Crippen LogP contribution < -0.4 is 10.2 Å². The van der Waals surface area contributed by atoms with Crippen LogP contribution in [-0.4, -0.2) is 42.9 Å². The Balaban J connectivity index is 1.85. The molecule has 1 N–H and O–H groups in total. The number of carbonyl (C=O) groups excluding carboxylic acids is 2. The minimum atomic E-state index is -0.367. The summed E-state index contributed by atoms with van der Waals surface area (Å²) in [5, 5.41) is 3.93. The number of nitrogens with zero attached hydrogens (tertiary/aromatic N) is 2. The fourth-order valence-electron chi connectivity index (χ4n) is 3.05. The molecule has 0 spiro atoms. The van der Waals surface area contributed by atoms with Gasteiger partial charge in [0.15, 0.2) is 0 Å². The van der Waals surface area contributed by atoms with E-state index in [-0.39, 0.29) is 22.4 Å². The maximum atomic E-state index is 12.7. The second-order valence-electron chi connectivity index (χ2n) is 6.18. The third-order valence-corrected chi connectivity index (χ3v) is 5.60. The van der Waals surface area contributed by atoms with Crippen LogP contribution in [0.25, 0.3) is 0 Å². The smallest absolute Gasteiger partial charge is 0.257 e. The van der Waals surface area contributed by atoms with E-state index in [2.05, 4.69) is 10.2 Å². The second-order valence-corrected chi connectivity index (χ2v) is 7.38. The number of hydrogen-bond donors (Lipinski definition) is 1. The van der Waals surface area contributed by atoms with Crippen molar-refractivity contribution < 1.29 is 9.59 Å². The van der Waals surface area contributed by atoms with E-state index < -0.39 is 0 Å². The van der Waals surface area contributed by atoms with Crippen molar-refractivity contribution in [2.45, 2.75) is 6.92 Å². The van der Waals surface area contributed by atoms with E-state index >= 15 is 0 Å². The lowest BCUT2D eigenvalue weighted by molar-refractivity contribution is -0.129. The molecule has 5 nitrogen and oxygen atoms in total. The number of carbonyl (C=O) groups is 2. The van der Waals surface area contributed by atoms with Crippen molar-refractivity contribution in [2.24, 2.45) is 0 Å². The molecule has 0 saturated carbocycles. The Morgan fingerprint density at radius 3 is 2.22 bits per heavy atom. The monoisotopic (exact) mass is 425 g/mol. The highest BCUT2D eigenvalue weighted by atomic mass is 35.5. The molecule has 0 atom stereocenters. The quantitative estimate of drug-likeness (QED) is 0.782. The fraction of sp³-hybridized carbons (Fsp3) is 0.263. The molecule has 2 aromatic carbocycles. The van der Waals surface area contributed by atoms with E-state index in [1.807, 2.05) is 0 Å². The summed E-state index contributed by atoms with van der Waals surface area (Å²) < 4.78 is 0. The number of benzene rings is 2. The van der Waals surface area contributed by atoms with E-state index in [4.69, 9.17) is 34.8 Å². The summed E-state index contributed by atoms with van der Waals surface area (Å²) in [7, 11) is 0. The molecule has 0 bridgehead atoms. The number of rotatable bonds is 3. The van der Waals surface area contributed by atoms with Gasteiger partial charge in [0.2, 0.25) is 5.91 Å². The fourth-order valence-corrected chi connectivity index (χ4v) is 3.73. The van der Waals surface area contributed by atoms with E-state index in [1.165, 1.54) is 0 Å². The molecule has 27 heavy (non-hydrogen) atoms. The van der Waals surface area contributed by atoms with Crippen LogP contribution in [0.15, 0.2) is 36.4 Å². The standard InChI is InChI=1S/C19H18Cl3N3O2/c1-12(26)24-8-10-25(11-9-24)18-15(21)6-3-7-16(18)23-19(27)13-4-2-5-14(20)17(13)22/h2-7H,8-11H2,1H3,(H,23,27). The van der Waals surface area contributed by atoms with E-state index in [9.17, 15) is 9.59 Å². The van der Waals surface area contributed by atoms with Gasteiger partial charge in [0, 0.05) is 33.1 Å². The molecule has 2 aromatic rings. The van der Waals surface area contributed by atoms with Crippen LogP contribution in [-0.2, 0) is 4.79 Å². The first-order chi connectivity index (χ1) is 12.9. The molecule has 2 amide bonds. The Morgan fingerprint density at radius 2 is 1.56 bits per heavy atom. The van der Waals surface area contributed by atoms with Gasteiger partial charge in [0.1, 0.15) is 0 Å². The molecule has 1 heterocycles. The van der Waals surface area contributed by atoms with Crippen molar-refractivity contribution in [2.75, 3.05) is 36.4 Å². The first-order valence-electron chi connectivity index (χ1n) is 8.43. The van der Waals surface area contributed by atoms with E-state index in [0.29, 0.717) is 41.9 Å². The first kappa shape index (κ1) is 19.8. The van der Waals surface area contributed by atoms with Crippen LogP contribution in [0.1, 0.15) is 17.3 Å². The maximum absolute atomic E-state index is 12.7. The number of para-hydroxylation sites is 1. The molecule has 142 valence electrons. The van der Waals surface area contributed by atoms with Gasteiger partial charge < -0.3 is 15.1 Å². The van der Waals surface area contributed by atoms with Gasteiger partial charge in [0.05, 0.1) is 32.0 Å². The van der Waals surface area contributed by atoms with Crippen molar-refractivity contribution in [3.8, 4) is 0 Å². The van der Waals surface area contributed by atoms with Gasteiger partial charge in [-0.25, -0.2) is 0 Å². The highest BCUT2D eigenvalue weighted by molar-refractivity contribution is 6.44. The maximum Gasteiger partial charge on any atom is 0.257 e. The summed E-state index contributed by atoms with van der Waals surface area (Å²) in [4.78, 5) is 28.1. The van der Waals surface area contributed by atoms with Crippen LogP contribution in [0.3, 0.4) is 0 Å². The Kier molecular flexibility index (Phi) is 6.15. The zero-order valence-electron chi connectivity index (χ0n) is 14.6. The lowest BCUT2D eigenvalue weighted by Gasteiger charge is -2.37. The zero-order chi connectivity index (χ0) is 19.6. The molecule has 1 aliphatic rings. The summed E-state index contributed by atoms with van der Waals surface area (Å²) in [5.74, 6) is -0.314. The average Bonchev–Trinajstić information content (AvgIpc) is 2.64. The number of halogens is 3. The number of piperazine rings is 1. The minimum Gasteiger partial charge on any atom is -0.365 e. The van der Waals surface area contributed by atoms with Gasteiger partial charge in [-0.2, -0.15) is 0 Å². The predicted molar refractivity (Wildman–Crippen MR) is 110 cm³/mol. The number of anilines is 2. The van der Waals surface area contributed by atoms with E-state index in [1.54, 1.807) is 48.2 Å². The molecule has 0 aliphatic carbocycles. The lowest BCUT2D eigenvalue weighted by atomic mass is 10.1. The molecule has 0 radical (unpaired) electrons. The highest BCUT2D eigenvalue weighted by Gasteiger charge is 2.23. The number of nitrogens with one attached hydrogen (secondary N) is 1. The normalized spacial score (nSPS) is 14.2. The van der Waals surface area contributed by atoms with Crippen molar-refractivity contribution >= 4 is 58.0 Å². The van der Waals surface area contributed by atoms with Gasteiger partial charge in [-0.05, 0) is 24.3 Å². The van der Waals surface area contributed by atoms with Crippen molar-refractivity contribution in [1.82, 2.24) is 4.90 Å². The third-order valence-electron chi connectivity index (χ3n) is 4.47. The molecular weight excluding hydrogens is 409 g/mol. The summed E-state index contributed by atoms with van der Waals surface area (Å²) >= 11 is 18.6. The molecule has 0 aromatic heterocycles. The predicted octanol–water partition coefficient (Wildman–Crippen LogP) is 4.57. The van der Waals surface area contributed by atoms with Crippen LogP contribution >= 0.6 is 34.8 Å². The summed E-state index contributed by atoms with van der Waals surface area (Å²) in [6.07, 6.45) is 0. The van der Waals surface area contributed by atoms with Gasteiger partial charge >= 0.3 is 0 Å². The van der Waals surface area contributed by atoms with E-state index in [0.717, 1.165) is 5.69 Å². The lowest BCUT2D eigenvalue weighted by Crippen LogP contribution is -2.48. The summed E-state index contributed by atoms with van der Waals surface area (Å²) in [6.45, 7) is 4.03. The second kappa shape index (κ2) is 8.38. The van der Waals surface area contributed by atoms with Crippen molar-refractivity contribution in [3.05, 3.63) is 57.0 Å². The molecule has 1 aliphatic heterocycles. The SMILES string of the molecule is CC(=O)N1CCN(c2c(Cl)cccc2NC(=O)c2cccc(Cl)c2Cl)CC1. The van der Waals surface area contributed by atoms with Gasteiger partial charge in [0.25, 0.3) is 5.91 Å². The number of hydrogen-bond acceptors (Lipinski definition) is 3. The highest BCUT2D eigenvalue weighted by Crippen LogP contribution is 2.35. The molecular formula is C19H18Cl3N3O2. The third kappa shape index (κ3) is 4.32. The molecule has 1 saturated heterocycles. The Bertz CT molecular complexity index is 880. The molecule has 0 unspecified atom stereocenters. The summed E-state index contributed by atoms with van der Waals surface area (Å²) in [6, 6.07) is 10.2. The summed E-state index contributed by atoms with van der Waals surface area (Å²) in [5.41, 5.74) is 1.60. The largest absolute Gasteiger partial charge is 0.365 e. The van der Waals surface area contributed by atoms with Crippen LogP contribution in [0, 0.1) is 0 Å². The van der Waals surface area contributed by atoms with Crippen LogP contribution in [0.2, 0.25) is 15.1 Å². The molecule has 3 rings (SSSR count). The molecule has 1 fully saturated rings.